The fourth-order valence-electron chi connectivity index (χ4n) is 1.13. The molecule has 7 heteroatoms. The Morgan fingerprint density at radius 3 is 2.47 bits per heavy atom. The van der Waals surface area contributed by atoms with E-state index in [1.807, 2.05) is 13.8 Å². The second kappa shape index (κ2) is 5.24. The summed E-state index contributed by atoms with van der Waals surface area (Å²) in [6.45, 7) is 5.10. The van der Waals surface area contributed by atoms with Crippen LogP contribution in [0, 0.1) is 5.92 Å². The topological polar surface area (TPSA) is 66.4 Å². The Kier molecular flexibility index (Phi) is 4.60. The standard InChI is InChI=1S/C10H16ClNO3S2/c1-7(2)10(3,6-13)12-17(14,15)9-5-4-8(11)16-9/h4-5,7,12-13H,6H2,1-3H3/t10-/m1/s1. The van der Waals surface area contributed by atoms with Crippen molar-refractivity contribution < 1.29 is 13.5 Å². The van der Waals surface area contributed by atoms with Crippen LogP contribution >= 0.6 is 22.9 Å². The largest absolute Gasteiger partial charge is 0.394 e. The van der Waals surface area contributed by atoms with E-state index in [2.05, 4.69) is 4.72 Å². The Morgan fingerprint density at radius 1 is 1.53 bits per heavy atom. The summed E-state index contributed by atoms with van der Waals surface area (Å²) >= 11 is 6.70. The molecular formula is C10H16ClNO3S2. The molecule has 0 aliphatic heterocycles. The first-order valence-corrected chi connectivity index (χ1v) is 7.79. The van der Waals surface area contributed by atoms with Crippen LogP contribution < -0.4 is 4.72 Å². The molecule has 4 nitrogen and oxygen atoms in total. The van der Waals surface area contributed by atoms with E-state index in [0.29, 0.717) is 4.34 Å². The average Bonchev–Trinajstić information content (AvgIpc) is 2.64. The number of sulfonamides is 1. The van der Waals surface area contributed by atoms with Gasteiger partial charge in [0.2, 0.25) is 0 Å². The summed E-state index contributed by atoms with van der Waals surface area (Å²) in [5, 5.41) is 9.32. The molecule has 0 aromatic carbocycles. The van der Waals surface area contributed by atoms with Gasteiger partial charge in [0.1, 0.15) is 4.21 Å². The van der Waals surface area contributed by atoms with Crippen LogP contribution in [0.5, 0.6) is 0 Å². The van der Waals surface area contributed by atoms with Gasteiger partial charge in [0.25, 0.3) is 10.0 Å². The zero-order valence-electron chi connectivity index (χ0n) is 9.90. The highest BCUT2D eigenvalue weighted by molar-refractivity contribution is 7.91. The van der Waals surface area contributed by atoms with Crippen LogP contribution in [0.15, 0.2) is 16.3 Å². The molecule has 0 aliphatic rings. The molecule has 0 saturated heterocycles. The lowest BCUT2D eigenvalue weighted by Gasteiger charge is -2.32. The lowest BCUT2D eigenvalue weighted by atomic mass is 9.91. The summed E-state index contributed by atoms with van der Waals surface area (Å²) in [6.07, 6.45) is 0. The molecule has 1 aromatic heterocycles. The van der Waals surface area contributed by atoms with Crippen molar-refractivity contribution in [2.45, 2.75) is 30.5 Å². The Morgan fingerprint density at radius 2 is 2.12 bits per heavy atom. The first kappa shape index (κ1) is 14.9. The van der Waals surface area contributed by atoms with Gasteiger partial charge >= 0.3 is 0 Å². The van der Waals surface area contributed by atoms with Crippen molar-refractivity contribution in [3.8, 4) is 0 Å². The summed E-state index contributed by atoms with van der Waals surface area (Å²) in [6, 6.07) is 2.99. The minimum atomic E-state index is -3.63. The van der Waals surface area contributed by atoms with E-state index in [1.54, 1.807) is 6.92 Å². The highest BCUT2D eigenvalue weighted by Gasteiger charge is 2.33. The summed E-state index contributed by atoms with van der Waals surface area (Å²) in [7, 11) is -3.63. The second-order valence-electron chi connectivity index (χ2n) is 4.39. The molecule has 2 N–H and O–H groups in total. The normalized spacial score (nSPS) is 16.1. The molecular weight excluding hydrogens is 282 g/mol. The van der Waals surface area contributed by atoms with Gasteiger partial charge in [-0.2, -0.15) is 0 Å². The highest BCUT2D eigenvalue weighted by atomic mass is 35.5. The third kappa shape index (κ3) is 3.42. The van der Waals surface area contributed by atoms with Crippen molar-refractivity contribution in [3.63, 3.8) is 0 Å². The monoisotopic (exact) mass is 297 g/mol. The molecule has 17 heavy (non-hydrogen) atoms. The van der Waals surface area contributed by atoms with E-state index in [4.69, 9.17) is 11.6 Å². The van der Waals surface area contributed by atoms with E-state index < -0.39 is 15.6 Å². The molecule has 0 bridgehead atoms. The number of hydrogen-bond acceptors (Lipinski definition) is 4. The van der Waals surface area contributed by atoms with Crippen molar-refractivity contribution in [2.75, 3.05) is 6.61 Å². The number of aliphatic hydroxyl groups is 1. The predicted octanol–water partition coefficient (Wildman–Crippen LogP) is 2.09. The fourth-order valence-corrected chi connectivity index (χ4v) is 4.14. The van der Waals surface area contributed by atoms with E-state index in [1.165, 1.54) is 12.1 Å². The third-order valence-electron chi connectivity index (χ3n) is 2.78. The first-order valence-electron chi connectivity index (χ1n) is 5.11. The van der Waals surface area contributed by atoms with Crippen LogP contribution in [0.25, 0.3) is 0 Å². The zero-order valence-corrected chi connectivity index (χ0v) is 12.3. The van der Waals surface area contributed by atoms with Crippen LogP contribution in [0.3, 0.4) is 0 Å². The van der Waals surface area contributed by atoms with Crippen LogP contribution in [-0.4, -0.2) is 25.7 Å². The Balaban J connectivity index is 3.01. The van der Waals surface area contributed by atoms with Gasteiger partial charge in [-0.25, -0.2) is 13.1 Å². The molecule has 1 rings (SSSR count). The Hall–Kier alpha value is -0.140. The van der Waals surface area contributed by atoms with E-state index >= 15 is 0 Å². The van der Waals surface area contributed by atoms with Gasteiger partial charge in [0.15, 0.2) is 0 Å². The van der Waals surface area contributed by atoms with Crippen molar-refractivity contribution in [1.29, 1.82) is 0 Å². The van der Waals surface area contributed by atoms with E-state index in [-0.39, 0.29) is 16.7 Å². The average molecular weight is 298 g/mol. The molecule has 0 radical (unpaired) electrons. The Bertz CT molecular complexity index is 483. The lowest BCUT2D eigenvalue weighted by molar-refractivity contribution is 0.155. The quantitative estimate of drug-likeness (QED) is 0.874. The fraction of sp³-hybridized carbons (Fsp3) is 0.600. The summed E-state index contributed by atoms with van der Waals surface area (Å²) in [4.78, 5) is 0. The van der Waals surface area contributed by atoms with E-state index in [0.717, 1.165) is 11.3 Å². The van der Waals surface area contributed by atoms with Crippen LogP contribution in [-0.2, 0) is 10.0 Å². The molecule has 0 saturated carbocycles. The van der Waals surface area contributed by atoms with Gasteiger partial charge in [-0.3, -0.25) is 0 Å². The molecule has 0 aliphatic carbocycles. The van der Waals surface area contributed by atoms with Gasteiger partial charge in [-0.15, -0.1) is 11.3 Å². The predicted molar refractivity (Wildman–Crippen MR) is 70.0 cm³/mol. The van der Waals surface area contributed by atoms with Crippen LogP contribution in [0.2, 0.25) is 4.34 Å². The minimum absolute atomic E-state index is 0.0299. The number of aliphatic hydroxyl groups excluding tert-OH is 1. The molecule has 0 unspecified atom stereocenters. The number of hydrogen-bond donors (Lipinski definition) is 2. The molecule has 0 amide bonds. The molecule has 0 fully saturated rings. The van der Waals surface area contributed by atoms with Crippen molar-refractivity contribution >= 4 is 33.0 Å². The maximum Gasteiger partial charge on any atom is 0.250 e. The summed E-state index contributed by atoms with van der Waals surface area (Å²) in [5.41, 5.74) is -0.880. The zero-order chi connectivity index (χ0) is 13.3. The van der Waals surface area contributed by atoms with Crippen molar-refractivity contribution in [1.82, 2.24) is 4.72 Å². The maximum absolute atomic E-state index is 12.1. The highest BCUT2D eigenvalue weighted by Crippen LogP contribution is 2.27. The minimum Gasteiger partial charge on any atom is -0.394 e. The van der Waals surface area contributed by atoms with Gasteiger partial charge in [-0.1, -0.05) is 25.4 Å². The maximum atomic E-state index is 12.1. The van der Waals surface area contributed by atoms with Gasteiger partial charge in [0.05, 0.1) is 16.5 Å². The summed E-state index contributed by atoms with van der Waals surface area (Å²) < 4.78 is 27.2. The molecule has 1 aromatic rings. The third-order valence-corrected chi connectivity index (χ3v) is 6.12. The van der Waals surface area contributed by atoms with Gasteiger partial charge in [-0.05, 0) is 25.0 Å². The van der Waals surface area contributed by atoms with Gasteiger partial charge in [0, 0.05) is 0 Å². The van der Waals surface area contributed by atoms with E-state index in [9.17, 15) is 13.5 Å². The van der Waals surface area contributed by atoms with Crippen molar-refractivity contribution in [2.24, 2.45) is 5.92 Å². The number of nitrogens with one attached hydrogen (secondary N) is 1. The summed E-state index contributed by atoms with van der Waals surface area (Å²) in [5.74, 6) is -0.0299. The Labute approximate surface area is 111 Å². The molecule has 1 atom stereocenters. The second-order valence-corrected chi connectivity index (χ2v) is 8.02. The number of thiophene rings is 1. The molecule has 1 heterocycles. The number of rotatable bonds is 5. The number of halogens is 1. The van der Waals surface area contributed by atoms with Crippen molar-refractivity contribution in [3.05, 3.63) is 16.5 Å². The SMILES string of the molecule is CC(C)[C@@](C)(CO)NS(=O)(=O)c1ccc(Cl)s1. The molecule has 0 spiro atoms. The van der Waals surface area contributed by atoms with Crippen LogP contribution in [0.1, 0.15) is 20.8 Å². The van der Waals surface area contributed by atoms with Gasteiger partial charge < -0.3 is 5.11 Å². The molecule has 98 valence electrons. The first-order chi connectivity index (χ1) is 7.71. The lowest BCUT2D eigenvalue weighted by Crippen LogP contribution is -2.52. The van der Waals surface area contributed by atoms with Crippen LogP contribution in [0.4, 0.5) is 0 Å². The smallest absolute Gasteiger partial charge is 0.250 e.